The van der Waals surface area contributed by atoms with Gasteiger partial charge in [-0.1, -0.05) is 24.3 Å². The summed E-state index contributed by atoms with van der Waals surface area (Å²) in [5.41, 5.74) is 2.50. The van der Waals surface area contributed by atoms with E-state index in [0.29, 0.717) is 39.1 Å². The Labute approximate surface area is 138 Å². The van der Waals surface area contributed by atoms with Crippen molar-refractivity contribution in [3.8, 4) is 0 Å². The summed E-state index contributed by atoms with van der Waals surface area (Å²) >= 11 is 0. The number of hydrogen-bond acceptors (Lipinski definition) is 3. The van der Waals surface area contributed by atoms with Gasteiger partial charge in [-0.25, -0.2) is 0 Å². The van der Waals surface area contributed by atoms with Gasteiger partial charge in [-0.15, -0.1) is 0 Å². The number of hydrogen-bond donors (Lipinski definition) is 1. The minimum Gasteiger partial charge on any atom is -0.383 e. The molecule has 1 saturated heterocycles. The van der Waals surface area contributed by atoms with Crippen molar-refractivity contribution in [2.75, 3.05) is 33.4 Å². The minimum absolute atomic E-state index is 0.0495. The standard InChI is InChI=1S/C18H26N2O3/c1-14-5-3-4-6-15(14)9-10-19-18(22)16-7-8-17(21)20(13-16)11-12-23-2/h3-6,16H,7-13H2,1-2H3,(H,19,22)/t16-/m0/s1. The predicted octanol–water partition coefficient (Wildman–Crippen LogP) is 1.54. The molecule has 1 N–H and O–H groups in total. The van der Waals surface area contributed by atoms with E-state index in [1.165, 1.54) is 11.1 Å². The molecule has 126 valence electrons. The number of carbonyl (C=O) groups excluding carboxylic acids is 2. The third-order valence-electron chi connectivity index (χ3n) is 4.39. The number of benzene rings is 1. The molecule has 0 unspecified atom stereocenters. The summed E-state index contributed by atoms with van der Waals surface area (Å²) in [6.45, 7) is 4.28. The molecule has 1 atom stereocenters. The van der Waals surface area contributed by atoms with E-state index < -0.39 is 0 Å². The van der Waals surface area contributed by atoms with E-state index in [-0.39, 0.29) is 17.7 Å². The fourth-order valence-corrected chi connectivity index (χ4v) is 2.90. The molecule has 5 nitrogen and oxygen atoms in total. The minimum atomic E-state index is -0.110. The Hall–Kier alpha value is -1.88. The maximum Gasteiger partial charge on any atom is 0.224 e. The van der Waals surface area contributed by atoms with Gasteiger partial charge in [0.15, 0.2) is 0 Å². The fraction of sp³-hybridized carbons (Fsp3) is 0.556. The zero-order chi connectivity index (χ0) is 16.7. The van der Waals surface area contributed by atoms with Crippen LogP contribution in [0.25, 0.3) is 0 Å². The number of rotatable bonds is 7. The zero-order valence-electron chi connectivity index (χ0n) is 14.0. The molecule has 1 aliphatic rings. The van der Waals surface area contributed by atoms with Crippen LogP contribution in [0.3, 0.4) is 0 Å². The van der Waals surface area contributed by atoms with Crippen LogP contribution in [0.4, 0.5) is 0 Å². The summed E-state index contributed by atoms with van der Waals surface area (Å²) in [6.07, 6.45) is 1.91. The lowest BCUT2D eigenvalue weighted by Gasteiger charge is -2.31. The summed E-state index contributed by atoms with van der Waals surface area (Å²) in [7, 11) is 1.62. The predicted molar refractivity (Wildman–Crippen MR) is 89.1 cm³/mol. The molecule has 1 heterocycles. The van der Waals surface area contributed by atoms with Gasteiger partial charge in [0.2, 0.25) is 11.8 Å². The first-order valence-corrected chi connectivity index (χ1v) is 8.20. The maximum absolute atomic E-state index is 12.3. The van der Waals surface area contributed by atoms with Gasteiger partial charge in [-0.2, -0.15) is 0 Å². The van der Waals surface area contributed by atoms with Crippen LogP contribution in [-0.2, 0) is 20.7 Å². The summed E-state index contributed by atoms with van der Waals surface area (Å²) in [5.74, 6) is 0.0564. The van der Waals surface area contributed by atoms with Gasteiger partial charge in [0.1, 0.15) is 0 Å². The lowest BCUT2D eigenvalue weighted by atomic mass is 9.96. The molecule has 0 radical (unpaired) electrons. The normalized spacial score (nSPS) is 18.1. The van der Waals surface area contributed by atoms with Gasteiger partial charge in [0, 0.05) is 33.2 Å². The molecule has 1 aliphatic heterocycles. The highest BCUT2D eigenvalue weighted by Gasteiger charge is 2.29. The molecule has 1 aromatic rings. The average molecular weight is 318 g/mol. The van der Waals surface area contributed by atoms with Crippen LogP contribution in [0.15, 0.2) is 24.3 Å². The second-order valence-corrected chi connectivity index (χ2v) is 6.04. The molecule has 0 saturated carbocycles. The summed E-state index contributed by atoms with van der Waals surface area (Å²) < 4.78 is 5.02. The molecule has 0 aliphatic carbocycles. The van der Waals surface area contributed by atoms with E-state index >= 15 is 0 Å². The summed E-state index contributed by atoms with van der Waals surface area (Å²) in [4.78, 5) is 25.9. The molecule has 5 heteroatoms. The van der Waals surface area contributed by atoms with Crippen LogP contribution in [0.2, 0.25) is 0 Å². The van der Waals surface area contributed by atoms with Crippen LogP contribution < -0.4 is 5.32 Å². The number of nitrogens with zero attached hydrogens (tertiary/aromatic N) is 1. The van der Waals surface area contributed by atoms with Gasteiger partial charge in [0.05, 0.1) is 12.5 Å². The molecule has 23 heavy (non-hydrogen) atoms. The van der Waals surface area contributed by atoms with Gasteiger partial charge < -0.3 is 15.0 Å². The maximum atomic E-state index is 12.3. The Morgan fingerprint density at radius 2 is 2.17 bits per heavy atom. The Morgan fingerprint density at radius 3 is 2.91 bits per heavy atom. The lowest BCUT2D eigenvalue weighted by molar-refractivity contribution is -0.138. The topological polar surface area (TPSA) is 58.6 Å². The van der Waals surface area contributed by atoms with Crippen LogP contribution in [0.5, 0.6) is 0 Å². The molecule has 1 fully saturated rings. The average Bonchev–Trinajstić information content (AvgIpc) is 2.55. The lowest BCUT2D eigenvalue weighted by Crippen LogP contribution is -2.47. The van der Waals surface area contributed by atoms with Crippen LogP contribution in [0, 0.1) is 12.8 Å². The van der Waals surface area contributed by atoms with E-state index in [2.05, 4.69) is 24.4 Å². The van der Waals surface area contributed by atoms with Gasteiger partial charge in [-0.05, 0) is 30.9 Å². The smallest absolute Gasteiger partial charge is 0.224 e. The zero-order valence-corrected chi connectivity index (χ0v) is 14.0. The third kappa shape index (κ3) is 5.06. The first-order chi connectivity index (χ1) is 11.1. The van der Waals surface area contributed by atoms with Crippen molar-refractivity contribution in [3.63, 3.8) is 0 Å². The van der Waals surface area contributed by atoms with Crippen molar-refractivity contribution in [1.82, 2.24) is 10.2 Å². The fourth-order valence-electron chi connectivity index (χ4n) is 2.90. The van der Waals surface area contributed by atoms with Crippen molar-refractivity contribution in [1.29, 1.82) is 0 Å². The molecular formula is C18H26N2O3. The number of likely N-dealkylation sites (tertiary alicyclic amines) is 1. The Morgan fingerprint density at radius 1 is 1.39 bits per heavy atom. The summed E-state index contributed by atoms with van der Waals surface area (Å²) in [6, 6.07) is 8.21. The number of nitrogens with one attached hydrogen (secondary N) is 1. The molecule has 0 spiro atoms. The van der Waals surface area contributed by atoms with Gasteiger partial charge in [0.25, 0.3) is 0 Å². The van der Waals surface area contributed by atoms with Crippen molar-refractivity contribution in [2.24, 2.45) is 5.92 Å². The third-order valence-corrected chi connectivity index (χ3v) is 4.39. The van der Waals surface area contributed by atoms with Crippen LogP contribution in [-0.4, -0.2) is 50.1 Å². The van der Waals surface area contributed by atoms with Crippen molar-refractivity contribution >= 4 is 11.8 Å². The highest BCUT2D eigenvalue weighted by atomic mass is 16.5. The molecule has 1 aromatic carbocycles. The highest BCUT2D eigenvalue weighted by Crippen LogP contribution is 2.17. The van der Waals surface area contributed by atoms with E-state index in [9.17, 15) is 9.59 Å². The largest absolute Gasteiger partial charge is 0.383 e. The number of carbonyl (C=O) groups is 2. The highest BCUT2D eigenvalue weighted by molar-refractivity contribution is 5.83. The Bertz CT molecular complexity index is 545. The number of aryl methyl sites for hydroxylation is 1. The summed E-state index contributed by atoms with van der Waals surface area (Å²) in [5, 5.41) is 3.01. The quantitative estimate of drug-likeness (QED) is 0.829. The van der Waals surface area contributed by atoms with Crippen LogP contribution >= 0.6 is 0 Å². The van der Waals surface area contributed by atoms with Crippen molar-refractivity contribution < 1.29 is 14.3 Å². The SMILES string of the molecule is COCCN1C[C@@H](C(=O)NCCc2ccccc2C)CCC1=O. The number of ether oxygens (including phenoxy) is 1. The van der Waals surface area contributed by atoms with E-state index in [0.717, 1.165) is 6.42 Å². The monoisotopic (exact) mass is 318 g/mol. The Kier molecular flexibility index (Phi) is 6.59. The van der Waals surface area contributed by atoms with Crippen molar-refractivity contribution in [2.45, 2.75) is 26.2 Å². The molecule has 0 aromatic heterocycles. The molecule has 2 rings (SSSR count). The number of amides is 2. The first kappa shape index (κ1) is 17.5. The molecular weight excluding hydrogens is 292 g/mol. The van der Waals surface area contributed by atoms with E-state index in [1.54, 1.807) is 12.0 Å². The Balaban J connectivity index is 1.79. The van der Waals surface area contributed by atoms with E-state index in [4.69, 9.17) is 4.74 Å². The van der Waals surface area contributed by atoms with E-state index in [1.807, 2.05) is 12.1 Å². The van der Waals surface area contributed by atoms with Gasteiger partial charge in [-0.3, -0.25) is 9.59 Å². The number of piperidine rings is 1. The molecule has 2 amide bonds. The first-order valence-electron chi connectivity index (χ1n) is 8.20. The van der Waals surface area contributed by atoms with Gasteiger partial charge >= 0.3 is 0 Å². The van der Waals surface area contributed by atoms with Crippen LogP contribution in [0.1, 0.15) is 24.0 Å². The molecule has 0 bridgehead atoms. The van der Waals surface area contributed by atoms with Crippen molar-refractivity contribution in [3.05, 3.63) is 35.4 Å². The number of methoxy groups -OCH3 is 1. The second-order valence-electron chi connectivity index (χ2n) is 6.04. The second kappa shape index (κ2) is 8.67.